The highest BCUT2D eigenvalue weighted by molar-refractivity contribution is 5.80. The van der Waals surface area contributed by atoms with Gasteiger partial charge in [-0.2, -0.15) is 0 Å². The van der Waals surface area contributed by atoms with Crippen molar-refractivity contribution in [3.63, 3.8) is 0 Å². The second kappa shape index (κ2) is 8.68. The van der Waals surface area contributed by atoms with Crippen molar-refractivity contribution in [2.45, 2.75) is 65.0 Å². The summed E-state index contributed by atoms with van der Waals surface area (Å²) >= 11 is 0. The average molecular weight is 281 g/mol. The van der Waals surface area contributed by atoms with Gasteiger partial charge >= 0.3 is 0 Å². The second-order valence-electron chi connectivity index (χ2n) is 5.13. The molecule has 0 saturated heterocycles. The van der Waals surface area contributed by atoms with Gasteiger partial charge in [0, 0.05) is 12.2 Å². The molecule has 0 aliphatic carbocycles. The van der Waals surface area contributed by atoms with Crippen LogP contribution in [-0.2, 0) is 11.2 Å². The van der Waals surface area contributed by atoms with Gasteiger partial charge in [0.2, 0.25) is 5.91 Å². The number of hydrogen-bond donors (Lipinski definition) is 2. The van der Waals surface area contributed by atoms with Crippen LogP contribution in [-0.4, -0.2) is 33.5 Å². The van der Waals surface area contributed by atoms with E-state index < -0.39 is 0 Å². The van der Waals surface area contributed by atoms with E-state index in [1.54, 1.807) is 4.68 Å². The Bertz CT molecular complexity index is 400. The Morgan fingerprint density at radius 1 is 1.40 bits per heavy atom. The smallest absolute Gasteiger partial charge is 0.244 e. The molecule has 1 aromatic heterocycles. The summed E-state index contributed by atoms with van der Waals surface area (Å²) < 4.78 is 1.63. The molecule has 0 bridgehead atoms. The fourth-order valence-corrected chi connectivity index (χ4v) is 2.00. The topological polar surface area (TPSA) is 85.8 Å². The molecule has 0 saturated carbocycles. The van der Waals surface area contributed by atoms with Crippen LogP contribution in [0, 0.1) is 0 Å². The number of nitrogens with zero attached hydrogens (tertiary/aromatic N) is 3. The molecule has 1 atom stereocenters. The van der Waals surface area contributed by atoms with E-state index in [2.05, 4.69) is 29.5 Å². The van der Waals surface area contributed by atoms with Crippen LogP contribution in [0.1, 0.15) is 58.2 Å². The molecule has 0 aliphatic heterocycles. The first-order chi connectivity index (χ1) is 9.62. The monoisotopic (exact) mass is 281 g/mol. The average Bonchev–Trinajstić information content (AvgIpc) is 2.92. The lowest BCUT2D eigenvalue weighted by Crippen LogP contribution is -2.38. The summed E-state index contributed by atoms with van der Waals surface area (Å²) in [5.41, 5.74) is 6.38. The molecule has 6 heteroatoms. The van der Waals surface area contributed by atoms with Crippen LogP contribution in [0.3, 0.4) is 0 Å². The highest BCUT2D eigenvalue weighted by Gasteiger charge is 2.18. The maximum atomic E-state index is 12.1. The quantitative estimate of drug-likeness (QED) is 0.670. The van der Waals surface area contributed by atoms with Gasteiger partial charge < -0.3 is 11.1 Å². The van der Waals surface area contributed by atoms with E-state index in [0.29, 0.717) is 6.54 Å². The van der Waals surface area contributed by atoms with Gasteiger partial charge in [0.15, 0.2) is 0 Å². The van der Waals surface area contributed by atoms with Gasteiger partial charge in [-0.3, -0.25) is 4.79 Å². The van der Waals surface area contributed by atoms with Crippen molar-refractivity contribution < 1.29 is 4.79 Å². The minimum absolute atomic E-state index is 0.00268. The Kier molecular flexibility index (Phi) is 7.22. The number of aromatic nitrogens is 3. The normalized spacial score (nSPS) is 12.7. The molecule has 0 aromatic carbocycles. The van der Waals surface area contributed by atoms with Crippen molar-refractivity contribution >= 4 is 5.91 Å². The summed E-state index contributed by atoms with van der Waals surface area (Å²) in [5.74, 6) is -0.00268. The van der Waals surface area contributed by atoms with Crippen LogP contribution >= 0.6 is 0 Å². The van der Waals surface area contributed by atoms with Gasteiger partial charge in [-0.15, -0.1) is 5.10 Å². The molecule has 1 unspecified atom stereocenters. The van der Waals surface area contributed by atoms with Gasteiger partial charge in [-0.1, -0.05) is 19.1 Å². The molecule has 1 amide bonds. The molecule has 3 N–H and O–H groups in total. The van der Waals surface area contributed by atoms with Gasteiger partial charge in [0.25, 0.3) is 0 Å². The van der Waals surface area contributed by atoms with Crippen LogP contribution in [0.5, 0.6) is 0 Å². The molecular formula is C14H27N5O. The second-order valence-corrected chi connectivity index (χ2v) is 5.13. The molecule has 1 heterocycles. The summed E-state index contributed by atoms with van der Waals surface area (Å²) in [6.45, 7) is 6.69. The van der Waals surface area contributed by atoms with Crippen molar-refractivity contribution in [1.82, 2.24) is 20.3 Å². The Balaban J connectivity index is 2.54. The summed E-state index contributed by atoms with van der Waals surface area (Å²) in [6, 6.07) is -0.0937. The predicted molar refractivity (Wildman–Crippen MR) is 79.2 cm³/mol. The molecule has 0 fully saturated rings. The Morgan fingerprint density at radius 3 is 2.70 bits per heavy atom. The molecular weight excluding hydrogens is 254 g/mol. The largest absolute Gasteiger partial charge is 0.352 e. The molecule has 114 valence electrons. The Morgan fingerprint density at radius 2 is 2.10 bits per heavy atom. The third-order valence-corrected chi connectivity index (χ3v) is 3.55. The first-order valence-corrected chi connectivity index (χ1v) is 7.53. The fourth-order valence-electron chi connectivity index (χ4n) is 2.00. The van der Waals surface area contributed by atoms with E-state index in [-0.39, 0.29) is 18.0 Å². The first kappa shape index (κ1) is 16.6. The SMILES string of the molecule is CCC(CC)NC(=O)C(C)n1cc(CCCCN)nn1. The number of amides is 1. The third-order valence-electron chi connectivity index (χ3n) is 3.55. The van der Waals surface area contributed by atoms with Crippen molar-refractivity contribution in [1.29, 1.82) is 0 Å². The Labute approximate surface area is 121 Å². The van der Waals surface area contributed by atoms with E-state index in [1.807, 2.05) is 13.1 Å². The van der Waals surface area contributed by atoms with Crippen LogP contribution < -0.4 is 11.1 Å². The molecule has 0 spiro atoms. The van der Waals surface area contributed by atoms with Gasteiger partial charge in [-0.25, -0.2) is 4.68 Å². The van der Waals surface area contributed by atoms with E-state index in [0.717, 1.165) is 37.8 Å². The zero-order valence-corrected chi connectivity index (χ0v) is 12.8. The van der Waals surface area contributed by atoms with Gasteiger partial charge in [0.1, 0.15) is 6.04 Å². The molecule has 1 rings (SSSR count). The van der Waals surface area contributed by atoms with E-state index in [1.165, 1.54) is 0 Å². The number of rotatable bonds is 9. The number of carbonyl (C=O) groups excluding carboxylic acids is 1. The highest BCUT2D eigenvalue weighted by Crippen LogP contribution is 2.08. The lowest BCUT2D eigenvalue weighted by atomic mass is 10.1. The van der Waals surface area contributed by atoms with Crippen molar-refractivity contribution in [3.05, 3.63) is 11.9 Å². The van der Waals surface area contributed by atoms with Crippen molar-refractivity contribution in [2.24, 2.45) is 5.73 Å². The minimum Gasteiger partial charge on any atom is -0.352 e. The Hall–Kier alpha value is -1.43. The summed E-state index contributed by atoms with van der Waals surface area (Å²) in [7, 11) is 0. The first-order valence-electron chi connectivity index (χ1n) is 7.53. The van der Waals surface area contributed by atoms with Gasteiger partial charge in [0.05, 0.1) is 5.69 Å². The predicted octanol–water partition coefficient (Wildman–Crippen LogP) is 1.43. The maximum Gasteiger partial charge on any atom is 0.244 e. The van der Waals surface area contributed by atoms with Crippen LogP contribution in [0.25, 0.3) is 0 Å². The highest BCUT2D eigenvalue weighted by atomic mass is 16.2. The summed E-state index contributed by atoms with van der Waals surface area (Å²) in [5, 5.41) is 11.2. The molecule has 1 aromatic rings. The van der Waals surface area contributed by atoms with Gasteiger partial charge in [-0.05, 0) is 45.6 Å². The van der Waals surface area contributed by atoms with Crippen LogP contribution in [0.4, 0.5) is 0 Å². The lowest BCUT2D eigenvalue weighted by Gasteiger charge is -2.18. The van der Waals surface area contributed by atoms with Crippen molar-refractivity contribution in [3.8, 4) is 0 Å². The standard InChI is InChI=1S/C14H27N5O/c1-4-12(5-2)16-14(20)11(3)19-10-13(17-18-19)8-6-7-9-15/h10-12H,4-9,15H2,1-3H3,(H,16,20). The maximum absolute atomic E-state index is 12.1. The molecule has 0 radical (unpaired) electrons. The minimum atomic E-state index is -0.327. The van der Waals surface area contributed by atoms with E-state index in [9.17, 15) is 4.79 Å². The summed E-state index contributed by atoms with van der Waals surface area (Å²) in [6.07, 6.45) is 6.58. The molecule has 20 heavy (non-hydrogen) atoms. The molecule has 6 nitrogen and oxygen atoms in total. The number of nitrogens with two attached hydrogens (primary N) is 1. The van der Waals surface area contributed by atoms with E-state index in [4.69, 9.17) is 5.73 Å². The zero-order chi connectivity index (χ0) is 15.0. The lowest BCUT2D eigenvalue weighted by molar-refractivity contribution is -0.124. The number of nitrogens with one attached hydrogen (secondary N) is 1. The van der Waals surface area contributed by atoms with Crippen LogP contribution in [0.2, 0.25) is 0 Å². The van der Waals surface area contributed by atoms with E-state index >= 15 is 0 Å². The molecule has 0 aliphatic rings. The number of unbranched alkanes of at least 4 members (excludes halogenated alkanes) is 1. The zero-order valence-electron chi connectivity index (χ0n) is 12.8. The third kappa shape index (κ3) is 4.92. The summed E-state index contributed by atoms with van der Waals surface area (Å²) in [4.78, 5) is 12.1. The fraction of sp³-hybridized carbons (Fsp3) is 0.786. The van der Waals surface area contributed by atoms with Crippen molar-refractivity contribution in [2.75, 3.05) is 6.54 Å². The van der Waals surface area contributed by atoms with Crippen LogP contribution in [0.15, 0.2) is 6.20 Å². The number of carbonyl (C=O) groups is 1. The number of aryl methyl sites for hydroxylation is 1. The number of hydrogen-bond acceptors (Lipinski definition) is 4.